The Labute approximate surface area is 50.0 Å². The Morgan fingerprint density at radius 3 is 2.33 bits per heavy atom. The fraction of sp³-hybridized carbons (Fsp3) is 1.00. The molecule has 0 saturated heterocycles. The zero-order valence-corrected chi connectivity index (χ0v) is 6.69. The van der Waals surface area contributed by atoms with Crippen LogP contribution >= 0.6 is 25.2 Å². The van der Waals surface area contributed by atoms with Gasteiger partial charge in [-0.3, -0.25) is 0 Å². The minimum absolute atomic E-state index is 0.711. The van der Waals surface area contributed by atoms with E-state index in [0.717, 1.165) is 6.16 Å². The van der Waals surface area contributed by atoms with E-state index in [9.17, 15) is 0 Å². The van der Waals surface area contributed by atoms with E-state index in [2.05, 4.69) is 32.1 Å². The highest BCUT2D eigenvalue weighted by Gasteiger charge is 1.91. The van der Waals surface area contributed by atoms with Crippen molar-refractivity contribution in [2.45, 2.75) is 18.2 Å². The molecular weight excluding hydrogens is 159 g/mol. The minimum Gasteiger partial charge on any atom is -0.137 e. The van der Waals surface area contributed by atoms with Gasteiger partial charge in [-0.15, -0.1) is 9.24 Å². The van der Waals surface area contributed by atoms with Crippen molar-refractivity contribution in [2.24, 2.45) is 0 Å². The summed E-state index contributed by atoms with van der Waals surface area (Å²) in [5, 5.41) is 0. The van der Waals surface area contributed by atoms with Gasteiger partial charge in [0.2, 0.25) is 0 Å². The van der Waals surface area contributed by atoms with E-state index < -0.39 is 0 Å². The quantitative estimate of drug-likeness (QED) is 0.438. The third-order valence-electron chi connectivity index (χ3n) is 0.699. The second-order valence-electron chi connectivity index (χ2n) is 1.24. The molecule has 0 nitrogen and oxygen atoms in total. The normalized spacial score (nSPS) is 14.5. The van der Waals surface area contributed by atoms with Gasteiger partial charge >= 0.3 is 0 Å². The van der Waals surface area contributed by atoms with Crippen molar-refractivity contribution in [3.8, 4) is 0 Å². The first-order valence-corrected chi connectivity index (χ1v) is 3.88. The van der Waals surface area contributed by atoms with E-state index >= 15 is 0 Å². The second-order valence-corrected chi connectivity index (χ2v) is 3.01. The average molecular weight is 169 g/mol. The van der Waals surface area contributed by atoms with Crippen LogP contribution in [-0.4, -0.2) is 11.0 Å². The molecule has 0 rings (SSSR count). The summed E-state index contributed by atoms with van der Waals surface area (Å²) in [4.78, 5) is 0.711. The molecule has 0 aliphatic rings. The minimum atomic E-state index is 0.711. The van der Waals surface area contributed by atoms with Crippen LogP contribution in [0.1, 0.15) is 13.3 Å². The van der Waals surface area contributed by atoms with E-state index in [1.165, 1.54) is 6.42 Å². The summed E-state index contributed by atoms with van der Waals surface area (Å²) in [5.74, 6) is 0. The largest absolute Gasteiger partial charge is 0.137 e. The maximum Gasteiger partial charge on any atom is 0.0177 e. The maximum atomic E-state index is 3.45. The first kappa shape index (κ1) is 6.91. The van der Waals surface area contributed by atoms with E-state index in [-0.39, 0.29) is 0 Å². The van der Waals surface area contributed by atoms with Crippen LogP contribution < -0.4 is 0 Å². The molecule has 2 atom stereocenters. The number of halogens is 1. The van der Waals surface area contributed by atoms with Crippen LogP contribution in [-0.2, 0) is 0 Å². The van der Waals surface area contributed by atoms with Gasteiger partial charge in [-0.05, 0) is 12.6 Å². The Morgan fingerprint density at radius 1 is 1.83 bits per heavy atom. The van der Waals surface area contributed by atoms with E-state index in [0.29, 0.717) is 4.83 Å². The zero-order chi connectivity index (χ0) is 4.99. The van der Waals surface area contributed by atoms with Gasteiger partial charge in [0, 0.05) is 4.83 Å². The van der Waals surface area contributed by atoms with E-state index in [4.69, 9.17) is 0 Å². The first-order valence-electron chi connectivity index (χ1n) is 2.15. The highest BCUT2D eigenvalue weighted by molar-refractivity contribution is 9.09. The number of alkyl halides is 1. The third kappa shape index (κ3) is 3.11. The molecule has 0 amide bonds. The topological polar surface area (TPSA) is 0 Å². The van der Waals surface area contributed by atoms with Crippen LogP contribution in [0.4, 0.5) is 0 Å². The predicted octanol–water partition coefficient (Wildman–Crippen LogP) is 2.04. The Kier molecular flexibility index (Phi) is 4.70. The molecule has 0 N–H and O–H groups in total. The summed E-state index contributed by atoms with van der Waals surface area (Å²) in [6, 6.07) is 0. The summed E-state index contributed by atoms with van der Waals surface area (Å²) in [6.45, 7) is 2.17. The Bertz CT molecular complexity index is 26.7. The molecule has 2 unspecified atom stereocenters. The molecule has 0 aromatic carbocycles. The van der Waals surface area contributed by atoms with Crippen molar-refractivity contribution in [3.05, 3.63) is 0 Å². The van der Waals surface area contributed by atoms with Gasteiger partial charge in [0.1, 0.15) is 0 Å². The number of hydrogen-bond donors (Lipinski definition) is 0. The molecule has 0 aromatic heterocycles. The monoisotopic (exact) mass is 168 g/mol. The van der Waals surface area contributed by atoms with Gasteiger partial charge in [0.25, 0.3) is 0 Å². The van der Waals surface area contributed by atoms with Crippen molar-refractivity contribution in [1.82, 2.24) is 0 Å². The van der Waals surface area contributed by atoms with Crippen LogP contribution in [0.2, 0.25) is 0 Å². The summed E-state index contributed by atoms with van der Waals surface area (Å²) in [7, 11) is 2.69. The van der Waals surface area contributed by atoms with Gasteiger partial charge in [-0.2, -0.15) is 0 Å². The second kappa shape index (κ2) is 4.08. The molecule has 0 saturated carbocycles. The summed E-state index contributed by atoms with van der Waals surface area (Å²) >= 11 is 3.45. The lowest BCUT2D eigenvalue weighted by atomic mass is 10.4. The molecule has 0 bridgehead atoms. The average Bonchev–Trinajstić information content (AvgIpc) is 1.65. The molecule has 0 spiro atoms. The molecule has 2 heteroatoms. The van der Waals surface area contributed by atoms with Crippen molar-refractivity contribution < 1.29 is 0 Å². The fourth-order valence-corrected chi connectivity index (χ4v) is 0.500. The lowest BCUT2D eigenvalue weighted by Crippen LogP contribution is -1.93. The first-order chi connectivity index (χ1) is 2.81. The van der Waals surface area contributed by atoms with Crippen LogP contribution in [0.25, 0.3) is 0 Å². The molecular formula is C4H10BrP. The van der Waals surface area contributed by atoms with Crippen LogP contribution in [0.15, 0.2) is 0 Å². The highest BCUT2D eigenvalue weighted by Crippen LogP contribution is 2.06. The summed E-state index contributed by atoms with van der Waals surface area (Å²) in [6.07, 6.45) is 2.39. The Hall–Kier alpha value is 0.910. The lowest BCUT2D eigenvalue weighted by Gasteiger charge is -1.96. The highest BCUT2D eigenvalue weighted by atomic mass is 79.9. The van der Waals surface area contributed by atoms with Gasteiger partial charge in [-0.25, -0.2) is 0 Å². The molecule has 38 valence electrons. The van der Waals surface area contributed by atoms with Gasteiger partial charge < -0.3 is 0 Å². The van der Waals surface area contributed by atoms with Crippen molar-refractivity contribution >= 4 is 25.2 Å². The van der Waals surface area contributed by atoms with Crippen LogP contribution in [0.3, 0.4) is 0 Å². The lowest BCUT2D eigenvalue weighted by molar-refractivity contribution is 0.932. The smallest absolute Gasteiger partial charge is 0.0177 e. The zero-order valence-electron chi connectivity index (χ0n) is 3.95. The predicted molar refractivity (Wildman–Crippen MR) is 37.6 cm³/mol. The number of hydrogen-bond acceptors (Lipinski definition) is 0. The Balaban J connectivity index is 2.75. The van der Waals surface area contributed by atoms with Gasteiger partial charge in [0.15, 0.2) is 0 Å². The van der Waals surface area contributed by atoms with Crippen molar-refractivity contribution in [3.63, 3.8) is 0 Å². The van der Waals surface area contributed by atoms with Gasteiger partial charge in [0.05, 0.1) is 0 Å². The fourth-order valence-electron chi connectivity index (χ4n) is 0.167. The molecule has 0 heterocycles. The molecule has 0 aliphatic heterocycles. The summed E-state index contributed by atoms with van der Waals surface area (Å²) in [5.41, 5.74) is 0. The molecule has 0 aromatic rings. The van der Waals surface area contributed by atoms with Gasteiger partial charge in [-0.1, -0.05) is 22.9 Å². The SMILES string of the molecule is CCC(Br)CP. The van der Waals surface area contributed by atoms with Crippen LogP contribution in [0.5, 0.6) is 0 Å². The third-order valence-corrected chi connectivity index (χ3v) is 2.98. The van der Waals surface area contributed by atoms with E-state index in [1.54, 1.807) is 0 Å². The van der Waals surface area contributed by atoms with Crippen LogP contribution in [0, 0.1) is 0 Å². The van der Waals surface area contributed by atoms with E-state index in [1.807, 2.05) is 0 Å². The molecule has 0 aliphatic carbocycles. The molecule has 6 heavy (non-hydrogen) atoms. The summed E-state index contributed by atoms with van der Waals surface area (Å²) < 4.78 is 0. The Morgan fingerprint density at radius 2 is 2.33 bits per heavy atom. The standard InChI is InChI=1S/C4H10BrP/c1-2-4(5)3-6/h4H,2-3,6H2,1H3. The number of rotatable bonds is 2. The van der Waals surface area contributed by atoms with Crippen molar-refractivity contribution in [1.29, 1.82) is 0 Å². The molecule has 0 radical (unpaired) electrons. The van der Waals surface area contributed by atoms with Crippen molar-refractivity contribution in [2.75, 3.05) is 6.16 Å². The maximum absolute atomic E-state index is 3.45. The molecule has 0 fully saturated rings.